The van der Waals surface area contributed by atoms with E-state index in [2.05, 4.69) is 40.8 Å². The highest BCUT2D eigenvalue weighted by Crippen LogP contribution is 2.35. The minimum atomic E-state index is -4.70. The number of hydrogen-bond acceptors (Lipinski definition) is 15. The Kier molecular flexibility index (Phi) is 16.5. The number of aromatic nitrogens is 10. The maximum Gasteiger partial charge on any atom is 0.435 e. The molecular formula is C52H50F6N12O8. The molecule has 26 heteroatoms. The third-order valence-electron chi connectivity index (χ3n) is 11.6. The molecule has 0 unspecified atom stereocenters. The van der Waals surface area contributed by atoms with Crippen molar-refractivity contribution in [2.75, 3.05) is 31.5 Å². The average molecular weight is 1090 g/mol. The highest BCUT2D eigenvalue weighted by molar-refractivity contribution is 5.91. The first-order valence-corrected chi connectivity index (χ1v) is 23.6. The van der Waals surface area contributed by atoms with E-state index in [9.17, 15) is 50.6 Å². The Balaban J connectivity index is 0.000000226. The number of carboxylic acid groups (broad SMARTS) is 1. The highest BCUT2D eigenvalue weighted by Gasteiger charge is 2.36. The van der Waals surface area contributed by atoms with Gasteiger partial charge >= 0.3 is 24.3 Å². The lowest BCUT2D eigenvalue weighted by atomic mass is 10.1. The first-order chi connectivity index (χ1) is 36.8. The van der Waals surface area contributed by atoms with Crippen molar-refractivity contribution >= 4 is 35.2 Å². The molecule has 6 heterocycles. The standard InChI is InChI=1S/C27H27F3N6O4.C25H23F3N6O4/c1-6-35-14-17(11-20(24(35)37)25(38)40-7-2)21-13-31-26(32-18-8-15(3)9-19(12-18)39-5)33-23(21)36-16(4)10-22(34-36)27(28,29)30;1-5-33-12-15(9-18(22(33)35)23(36)37)19-11-29-24(30-16-6-13(2)7-17(10-16)38-4)31-21(19)34-14(3)8-20(32-34)25(26,27)28/h8-14H,6-7H2,1-5H3,(H,31,32,33);6-12H,5H2,1-4H3,(H,36,37)(H,29,30,31). The van der Waals surface area contributed by atoms with Gasteiger partial charge in [0.05, 0.1) is 20.8 Å². The molecule has 0 bridgehead atoms. The van der Waals surface area contributed by atoms with Crippen LogP contribution in [0, 0.1) is 27.7 Å². The van der Waals surface area contributed by atoms with Gasteiger partial charge < -0.3 is 39.1 Å². The van der Waals surface area contributed by atoms with Gasteiger partial charge in [0, 0.05) is 95.0 Å². The van der Waals surface area contributed by atoms with Crippen molar-refractivity contribution in [2.24, 2.45) is 0 Å². The molecule has 0 fully saturated rings. The first kappa shape index (κ1) is 56.4. The molecule has 408 valence electrons. The average Bonchev–Trinajstić information content (AvgIpc) is 4.04. The zero-order valence-electron chi connectivity index (χ0n) is 43.2. The van der Waals surface area contributed by atoms with E-state index in [0.717, 1.165) is 38.7 Å². The third kappa shape index (κ3) is 12.5. The van der Waals surface area contributed by atoms with Gasteiger partial charge in [-0.2, -0.15) is 46.5 Å². The van der Waals surface area contributed by atoms with E-state index in [1.165, 1.54) is 68.1 Å². The minimum absolute atomic E-state index is 0.00114. The van der Waals surface area contributed by atoms with E-state index in [1.54, 1.807) is 39.0 Å². The zero-order valence-corrected chi connectivity index (χ0v) is 43.2. The number of rotatable bonds is 15. The summed E-state index contributed by atoms with van der Waals surface area (Å²) >= 11 is 0. The summed E-state index contributed by atoms with van der Waals surface area (Å²) in [5, 5.41) is 23.1. The van der Waals surface area contributed by atoms with Gasteiger partial charge in [-0.3, -0.25) is 9.59 Å². The molecule has 6 aromatic heterocycles. The number of halogens is 6. The lowest BCUT2D eigenvalue weighted by molar-refractivity contribution is -0.142. The van der Waals surface area contributed by atoms with Crippen LogP contribution in [0.25, 0.3) is 33.9 Å². The van der Waals surface area contributed by atoms with Crippen molar-refractivity contribution in [3.8, 4) is 45.4 Å². The van der Waals surface area contributed by atoms with Gasteiger partial charge in [-0.25, -0.2) is 28.9 Å². The summed E-state index contributed by atoms with van der Waals surface area (Å²) in [5.74, 6) is -1.03. The minimum Gasteiger partial charge on any atom is -0.497 e. The summed E-state index contributed by atoms with van der Waals surface area (Å²) in [6.07, 6.45) is -3.78. The number of nitrogens with zero attached hydrogens (tertiary/aromatic N) is 10. The van der Waals surface area contributed by atoms with Gasteiger partial charge in [-0.15, -0.1) is 0 Å². The number of alkyl halides is 6. The Labute approximate surface area is 440 Å². The maximum absolute atomic E-state index is 13.5. The molecule has 0 aliphatic carbocycles. The van der Waals surface area contributed by atoms with Crippen LogP contribution >= 0.6 is 0 Å². The van der Waals surface area contributed by atoms with Gasteiger partial charge in [0.15, 0.2) is 23.0 Å². The molecule has 8 aromatic rings. The smallest absolute Gasteiger partial charge is 0.435 e. The maximum atomic E-state index is 13.5. The predicted molar refractivity (Wildman–Crippen MR) is 273 cm³/mol. The summed E-state index contributed by atoms with van der Waals surface area (Å²) < 4.78 is 101. The van der Waals surface area contributed by atoms with Crippen LogP contribution in [0.1, 0.15) is 75.4 Å². The quantitative estimate of drug-likeness (QED) is 0.0640. The number of ether oxygens (including phenoxy) is 3. The second-order valence-electron chi connectivity index (χ2n) is 17.2. The number of hydrogen-bond donors (Lipinski definition) is 3. The molecule has 0 saturated heterocycles. The van der Waals surface area contributed by atoms with Crippen molar-refractivity contribution < 1.29 is 55.2 Å². The molecule has 0 aliphatic heterocycles. The first-order valence-electron chi connectivity index (χ1n) is 23.6. The van der Waals surface area contributed by atoms with Crippen LogP contribution in [0.15, 0.2) is 95.0 Å². The fourth-order valence-corrected chi connectivity index (χ4v) is 7.93. The van der Waals surface area contributed by atoms with Crippen molar-refractivity contribution in [3.05, 3.63) is 151 Å². The number of methoxy groups -OCH3 is 2. The third-order valence-corrected chi connectivity index (χ3v) is 11.6. The van der Waals surface area contributed by atoms with Crippen LogP contribution in [-0.4, -0.2) is 86.5 Å². The number of aryl methyl sites for hydroxylation is 6. The van der Waals surface area contributed by atoms with E-state index < -0.39 is 52.4 Å². The molecule has 0 spiro atoms. The molecule has 2 aromatic carbocycles. The molecule has 78 heavy (non-hydrogen) atoms. The number of pyridine rings is 2. The van der Waals surface area contributed by atoms with Crippen LogP contribution in [0.2, 0.25) is 0 Å². The van der Waals surface area contributed by atoms with E-state index in [0.29, 0.717) is 28.4 Å². The number of carboxylic acids is 1. The molecule has 0 aliphatic rings. The SMILES string of the molecule is CCOC(=O)c1cc(-c2cnc(Nc3cc(C)cc(OC)c3)nc2-n2nc(C(F)(F)F)cc2C)cn(CC)c1=O.CCn1cc(-c2cnc(Nc3cc(C)cc(OC)c3)nc2-n2nc(C(F)(F)F)cc2C)cc(C(=O)O)c1=O. The molecule has 20 nitrogen and oxygen atoms in total. The second kappa shape index (κ2) is 22.9. The van der Waals surface area contributed by atoms with Gasteiger partial charge in [0.1, 0.15) is 22.6 Å². The molecule has 3 N–H and O–H groups in total. The summed E-state index contributed by atoms with van der Waals surface area (Å²) in [6.45, 7) is 12.1. The Morgan fingerprint density at radius 3 is 1.37 bits per heavy atom. The van der Waals surface area contributed by atoms with Crippen molar-refractivity contribution in [1.82, 2.24) is 48.6 Å². The second-order valence-corrected chi connectivity index (χ2v) is 17.2. The molecule has 8 rings (SSSR count). The van der Waals surface area contributed by atoms with Gasteiger partial charge in [0.25, 0.3) is 11.1 Å². The van der Waals surface area contributed by atoms with Crippen LogP contribution in [-0.2, 0) is 30.2 Å². The largest absolute Gasteiger partial charge is 0.497 e. The Hall–Kier alpha value is -9.36. The van der Waals surface area contributed by atoms with Crippen molar-refractivity contribution in [3.63, 3.8) is 0 Å². The number of esters is 1. The summed E-state index contributed by atoms with van der Waals surface area (Å²) in [5.41, 5.74) is -0.0793. The van der Waals surface area contributed by atoms with Gasteiger partial charge in [-0.05, 0) is 108 Å². The van der Waals surface area contributed by atoms with E-state index in [4.69, 9.17) is 14.2 Å². The van der Waals surface area contributed by atoms with E-state index in [1.807, 2.05) is 32.0 Å². The number of anilines is 4. The van der Waals surface area contributed by atoms with Crippen molar-refractivity contribution in [2.45, 2.75) is 73.9 Å². The van der Waals surface area contributed by atoms with E-state index in [-0.39, 0.29) is 76.9 Å². The lowest BCUT2D eigenvalue weighted by Crippen LogP contribution is -2.27. The molecule has 0 amide bonds. The molecule has 0 radical (unpaired) electrons. The zero-order chi connectivity index (χ0) is 57.0. The fourth-order valence-electron chi connectivity index (χ4n) is 7.93. The highest BCUT2D eigenvalue weighted by atomic mass is 19.4. The van der Waals surface area contributed by atoms with Crippen LogP contribution < -0.4 is 31.2 Å². The Bertz CT molecular complexity index is 3700. The number of carbonyl (C=O) groups excluding carboxylic acids is 1. The van der Waals surface area contributed by atoms with Crippen LogP contribution in [0.5, 0.6) is 11.5 Å². The molecular weight excluding hydrogens is 1030 g/mol. The summed E-state index contributed by atoms with van der Waals surface area (Å²) in [7, 11) is 3.04. The van der Waals surface area contributed by atoms with Crippen LogP contribution in [0.4, 0.5) is 49.6 Å². The Morgan fingerprint density at radius 1 is 0.603 bits per heavy atom. The number of carbonyl (C=O) groups is 2. The topological polar surface area (TPSA) is 237 Å². The van der Waals surface area contributed by atoms with E-state index >= 15 is 0 Å². The summed E-state index contributed by atoms with van der Waals surface area (Å²) in [4.78, 5) is 67.2. The van der Waals surface area contributed by atoms with Gasteiger partial charge in [-0.1, -0.05) is 0 Å². The molecule has 0 saturated carbocycles. The number of nitrogens with one attached hydrogen (secondary N) is 2. The fraction of sp³-hybridized carbons (Fsp3) is 0.269. The number of aromatic carboxylic acids is 1. The van der Waals surface area contributed by atoms with Gasteiger partial charge in [0.2, 0.25) is 11.9 Å². The predicted octanol–water partition coefficient (Wildman–Crippen LogP) is 9.67. The lowest BCUT2D eigenvalue weighted by Gasteiger charge is -2.15. The normalized spacial score (nSPS) is 11.4. The molecule has 0 atom stereocenters. The summed E-state index contributed by atoms with van der Waals surface area (Å²) in [6, 6.07) is 14.9. The Morgan fingerprint density at radius 2 is 1.01 bits per heavy atom. The number of benzene rings is 2. The van der Waals surface area contributed by atoms with Crippen LogP contribution in [0.3, 0.4) is 0 Å². The van der Waals surface area contributed by atoms with Crippen molar-refractivity contribution in [1.29, 1.82) is 0 Å². The monoisotopic (exact) mass is 1080 g/mol.